The number of aromatic amines is 1. The molecule has 1 amide bonds. The fourth-order valence-corrected chi connectivity index (χ4v) is 1.87. The van der Waals surface area contributed by atoms with Gasteiger partial charge in [0, 0.05) is 17.4 Å². The summed E-state index contributed by atoms with van der Waals surface area (Å²) >= 11 is 5.98. The van der Waals surface area contributed by atoms with Crippen molar-refractivity contribution in [2.45, 2.75) is 19.8 Å². The Morgan fingerprint density at radius 2 is 2.16 bits per heavy atom. The third-order valence-electron chi connectivity index (χ3n) is 2.70. The molecule has 4 N–H and O–H groups in total. The number of amides is 1. The topological polar surface area (TPSA) is 83.8 Å². The monoisotopic (exact) mass is 278 g/mol. The molecule has 1 heterocycles. The van der Waals surface area contributed by atoms with E-state index in [1.54, 1.807) is 24.3 Å². The second kappa shape index (κ2) is 5.32. The Labute approximate surface area is 116 Å². The first-order valence-electron chi connectivity index (χ1n) is 5.89. The van der Waals surface area contributed by atoms with Crippen LogP contribution in [0.5, 0.6) is 0 Å². The number of halogens is 1. The molecule has 1 aromatic heterocycles. The molecule has 0 aliphatic carbocycles. The van der Waals surface area contributed by atoms with E-state index in [0.717, 1.165) is 5.69 Å². The Morgan fingerprint density at radius 3 is 2.74 bits per heavy atom. The zero-order valence-corrected chi connectivity index (χ0v) is 11.5. The highest BCUT2D eigenvalue weighted by molar-refractivity contribution is 6.34. The largest absolute Gasteiger partial charge is 0.399 e. The summed E-state index contributed by atoms with van der Waals surface area (Å²) in [4.78, 5) is 12.0. The molecule has 0 radical (unpaired) electrons. The maximum atomic E-state index is 12.0. The lowest BCUT2D eigenvalue weighted by Gasteiger charge is -2.04. The molecule has 0 atom stereocenters. The van der Waals surface area contributed by atoms with Crippen molar-refractivity contribution in [1.82, 2.24) is 10.2 Å². The number of nitrogens with two attached hydrogens (primary N) is 1. The van der Waals surface area contributed by atoms with E-state index in [-0.39, 0.29) is 5.91 Å². The van der Waals surface area contributed by atoms with E-state index in [2.05, 4.69) is 15.5 Å². The molecular formula is C13H15ClN4O. The number of nitrogens with one attached hydrogen (secondary N) is 2. The molecule has 0 aliphatic heterocycles. The van der Waals surface area contributed by atoms with E-state index in [1.165, 1.54) is 0 Å². The Morgan fingerprint density at radius 1 is 1.42 bits per heavy atom. The smallest absolute Gasteiger partial charge is 0.258 e. The molecule has 0 saturated carbocycles. The lowest BCUT2D eigenvalue weighted by atomic mass is 10.1. The lowest BCUT2D eigenvalue weighted by Crippen LogP contribution is -2.12. The number of benzene rings is 1. The van der Waals surface area contributed by atoms with Gasteiger partial charge in [0.2, 0.25) is 0 Å². The first kappa shape index (κ1) is 13.4. The zero-order chi connectivity index (χ0) is 14.0. The number of hydrogen-bond acceptors (Lipinski definition) is 3. The van der Waals surface area contributed by atoms with Crippen LogP contribution in [0.3, 0.4) is 0 Å². The number of carbonyl (C=O) groups is 1. The van der Waals surface area contributed by atoms with Crippen LogP contribution in [0.15, 0.2) is 24.3 Å². The van der Waals surface area contributed by atoms with Crippen LogP contribution in [0, 0.1) is 0 Å². The van der Waals surface area contributed by atoms with Gasteiger partial charge in [0.15, 0.2) is 5.82 Å². The molecule has 0 aliphatic rings. The highest BCUT2D eigenvalue weighted by Gasteiger charge is 2.13. The van der Waals surface area contributed by atoms with E-state index in [0.29, 0.717) is 28.0 Å². The molecule has 2 rings (SSSR count). The number of H-pyrrole nitrogens is 1. The summed E-state index contributed by atoms with van der Waals surface area (Å²) in [5, 5.41) is 9.90. The number of rotatable bonds is 3. The highest BCUT2D eigenvalue weighted by Crippen LogP contribution is 2.21. The van der Waals surface area contributed by atoms with Crippen molar-refractivity contribution in [2.75, 3.05) is 11.1 Å². The summed E-state index contributed by atoms with van der Waals surface area (Å²) in [6.07, 6.45) is 0. The SMILES string of the molecule is CC(C)c1cc(NC(=O)c2ccc(N)cc2Cl)n[nH]1. The fraction of sp³-hybridized carbons (Fsp3) is 0.231. The molecule has 0 fully saturated rings. The minimum Gasteiger partial charge on any atom is -0.399 e. The van der Waals surface area contributed by atoms with Crippen LogP contribution in [0.1, 0.15) is 35.8 Å². The van der Waals surface area contributed by atoms with Crippen molar-refractivity contribution in [1.29, 1.82) is 0 Å². The molecule has 0 unspecified atom stereocenters. The number of nitrogens with zero attached hydrogens (tertiary/aromatic N) is 1. The fourth-order valence-electron chi connectivity index (χ4n) is 1.60. The molecule has 0 saturated heterocycles. The quantitative estimate of drug-likeness (QED) is 0.755. The van der Waals surface area contributed by atoms with Crippen molar-refractivity contribution in [3.05, 3.63) is 40.5 Å². The molecular weight excluding hydrogens is 264 g/mol. The van der Waals surface area contributed by atoms with Gasteiger partial charge in [-0.15, -0.1) is 0 Å². The van der Waals surface area contributed by atoms with Gasteiger partial charge in [0.1, 0.15) is 0 Å². The van der Waals surface area contributed by atoms with Gasteiger partial charge in [-0.25, -0.2) is 0 Å². The van der Waals surface area contributed by atoms with Gasteiger partial charge >= 0.3 is 0 Å². The molecule has 19 heavy (non-hydrogen) atoms. The average Bonchev–Trinajstić information content (AvgIpc) is 2.77. The van der Waals surface area contributed by atoms with Gasteiger partial charge in [-0.1, -0.05) is 25.4 Å². The molecule has 0 spiro atoms. The molecule has 100 valence electrons. The van der Waals surface area contributed by atoms with Gasteiger partial charge in [-0.05, 0) is 24.1 Å². The predicted octanol–water partition coefficient (Wildman–Crippen LogP) is 3.02. The summed E-state index contributed by atoms with van der Waals surface area (Å²) in [7, 11) is 0. The Balaban J connectivity index is 2.16. The summed E-state index contributed by atoms with van der Waals surface area (Å²) < 4.78 is 0. The highest BCUT2D eigenvalue weighted by atomic mass is 35.5. The van der Waals surface area contributed by atoms with Crippen molar-refractivity contribution in [2.24, 2.45) is 0 Å². The third-order valence-corrected chi connectivity index (χ3v) is 3.01. The van der Waals surface area contributed by atoms with Crippen LogP contribution >= 0.6 is 11.6 Å². The van der Waals surface area contributed by atoms with Crippen LogP contribution < -0.4 is 11.1 Å². The predicted molar refractivity (Wildman–Crippen MR) is 76.5 cm³/mol. The normalized spacial score (nSPS) is 10.7. The summed E-state index contributed by atoms with van der Waals surface area (Å²) in [5.74, 6) is 0.478. The maximum absolute atomic E-state index is 12.0. The number of hydrogen-bond donors (Lipinski definition) is 3. The number of nitrogen functional groups attached to an aromatic ring is 1. The van der Waals surface area contributed by atoms with E-state index in [9.17, 15) is 4.79 Å². The van der Waals surface area contributed by atoms with E-state index >= 15 is 0 Å². The molecule has 2 aromatic rings. The van der Waals surface area contributed by atoms with Crippen LogP contribution in [-0.2, 0) is 0 Å². The summed E-state index contributed by atoms with van der Waals surface area (Å²) in [5.41, 5.74) is 7.42. The number of anilines is 2. The molecule has 0 bridgehead atoms. The van der Waals surface area contributed by atoms with Crippen molar-refractivity contribution < 1.29 is 4.79 Å². The second-order valence-electron chi connectivity index (χ2n) is 4.56. The minimum absolute atomic E-state index is 0.313. The molecule has 6 heteroatoms. The average molecular weight is 279 g/mol. The van der Waals surface area contributed by atoms with E-state index in [1.807, 2.05) is 13.8 Å². The van der Waals surface area contributed by atoms with Gasteiger partial charge in [-0.2, -0.15) is 5.10 Å². The molecule has 1 aromatic carbocycles. The van der Waals surface area contributed by atoms with Gasteiger partial charge in [0.25, 0.3) is 5.91 Å². The van der Waals surface area contributed by atoms with Crippen LogP contribution in [0.2, 0.25) is 5.02 Å². The van der Waals surface area contributed by atoms with Crippen molar-refractivity contribution >= 4 is 29.0 Å². The Hall–Kier alpha value is -2.01. The minimum atomic E-state index is -0.313. The standard InChI is InChI=1S/C13H15ClN4O/c1-7(2)11-6-12(18-17-11)16-13(19)9-4-3-8(15)5-10(9)14/h3-7H,15H2,1-2H3,(H2,16,17,18,19). The van der Waals surface area contributed by atoms with E-state index in [4.69, 9.17) is 17.3 Å². The first-order chi connectivity index (χ1) is 8.97. The lowest BCUT2D eigenvalue weighted by molar-refractivity contribution is 0.102. The van der Waals surface area contributed by atoms with Crippen LogP contribution in [0.4, 0.5) is 11.5 Å². The van der Waals surface area contributed by atoms with E-state index < -0.39 is 0 Å². The maximum Gasteiger partial charge on any atom is 0.258 e. The van der Waals surface area contributed by atoms with Crippen molar-refractivity contribution in [3.63, 3.8) is 0 Å². The first-order valence-corrected chi connectivity index (χ1v) is 6.27. The van der Waals surface area contributed by atoms with Crippen molar-refractivity contribution in [3.8, 4) is 0 Å². The van der Waals surface area contributed by atoms with Crippen LogP contribution in [0.25, 0.3) is 0 Å². The Kier molecular flexibility index (Phi) is 3.76. The third kappa shape index (κ3) is 3.06. The number of carbonyl (C=O) groups excluding carboxylic acids is 1. The summed E-state index contributed by atoms with van der Waals surface area (Å²) in [6.45, 7) is 4.08. The molecule has 5 nitrogen and oxygen atoms in total. The van der Waals surface area contributed by atoms with Gasteiger partial charge in [-0.3, -0.25) is 9.89 Å². The van der Waals surface area contributed by atoms with Gasteiger partial charge < -0.3 is 11.1 Å². The Bertz CT molecular complexity index is 606. The zero-order valence-electron chi connectivity index (χ0n) is 10.7. The number of aromatic nitrogens is 2. The summed E-state index contributed by atoms with van der Waals surface area (Å²) in [6, 6.07) is 6.56. The van der Waals surface area contributed by atoms with Crippen LogP contribution in [-0.4, -0.2) is 16.1 Å². The second-order valence-corrected chi connectivity index (χ2v) is 4.96. The van der Waals surface area contributed by atoms with Gasteiger partial charge in [0.05, 0.1) is 10.6 Å².